The standard InChI is InChI=1S/C16H28N2O/c1-6-17-11-13(2)14(3)18(4)12-15-9-7-8-10-16(15)19-5/h7-10,13-14,17H,6,11-12H2,1-5H3. The maximum atomic E-state index is 5.41. The summed E-state index contributed by atoms with van der Waals surface area (Å²) in [4.78, 5) is 2.39. The van der Waals surface area contributed by atoms with Gasteiger partial charge in [0.2, 0.25) is 0 Å². The molecule has 0 saturated heterocycles. The van der Waals surface area contributed by atoms with Crippen LogP contribution in [0.3, 0.4) is 0 Å². The molecule has 0 aliphatic heterocycles. The van der Waals surface area contributed by atoms with Gasteiger partial charge in [-0.05, 0) is 39.0 Å². The molecule has 19 heavy (non-hydrogen) atoms. The van der Waals surface area contributed by atoms with E-state index in [1.807, 2.05) is 12.1 Å². The first-order chi connectivity index (χ1) is 9.10. The molecule has 0 bridgehead atoms. The lowest BCUT2D eigenvalue weighted by Crippen LogP contribution is -2.38. The van der Waals surface area contributed by atoms with Gasteiger partial charge in [-0.25, -0.2) is 0 Å². The number of nitrogens with one attached hydrogen (secondary N) is 1. The summed E-state index contributed by atoms with van der Waals surface area (Å²) >= 11 is 0. The third kappa shape index (κ3) is 4.84. The van der Waals surface area contributed by atoms with Crippen LogP contribution in [0.2, 0.25) is 0 Å². The molecule has 3 heteroatoms. The largest absolute Gasteiger partial charge is 0.496 e. The van der Waals surface area contributed by atoms with E-state index in [1.165, 1.54) is 5.56 Å². The van der Waals surface area contributed by atoms with E-state index in [1.54, 1.807) is 7.11 Å². The van der Waals surface area contributed by atoms with Crippen molar-refractivity contribution >= 4 is 0 Å². The van der Waals surface area contributed by atoms with Crippen LogP contribution in [0.5, 0.6) is 5.75 Å². The Kier molecular flexibility index (Phi) is 6.89. The fourth-order valence-electron chi connectivity index (χ4n) is 2.22. The summed E-state index contributed by atoms with van der Waals surface area (Å²) in [5.41, 5.74) is 1.25. The van der Waals surface area contributed by atoms with Gasteiger partial charge in [0.15, 0.2) is 0 Å². The summed E-state index contributed by atoms with van der Waals surface area (Å²) in [6.07, 6.45) is 0. The number of ether oxygens (including phenoxy) is 1. The van der Waals surface area contributed by atoms with E-state index in [0.29, 0.717) is 12.0 Å². The molecule has 2 unspecified atom stereocenters. The Bertz CT molecular complexity index is 368. The zero-order valence-corrected chi connectivity index (χ0v) is 12.9. The molecular weight excluding hydrogens is 236 g/mol. The molecule has 108 valence electrons. The number of para-hydroxylation sites is 1. The monoisotopic (exact) mass is 264 g/mol. The van der Waals surface area contributed by atoms with Crippen molar-refractivity contribution in [3.05, 3.63) is 29.8 Å². The number of nitrogens with zero attached hydrogens (tertiary/aromatic N) is 1. The molecule has 0 amide bonds. The molecule has 0 radical (unpaired) electrons. The third-order valence-electron chi connectivity index (χ3n) is 3.85. The van der Waals surface area contributed by atoms with Gasteiger partial charge in [-0.3, -0.25) is 4.90 Å². The third-order valence-corrected chi connectivity index (χ3v) is 3.85. The summed E-state index contributed by atoms with van der Waals surface area (Å²) in [7, 11) is 3.91. The van der Waals surface area contributed by atoms with Crippen LogP contribution in [-0.4, -0.2) is 38.2 Å². The zero-order valence-electron chi connectivity index (χ0n) is 12.9. The molecule has 0 aliphatic rings. The molecule has 0 fully saturated rings. The summed E-state index contributed by atoms with van der Waals surface area (Å²) in [6.45, 7) is 9.75. The topological polar surface area (TPSA) is 24.5 Å². The van der Waals surface area contributed by atoms with Crippen molar-refractivity contribution in [2.75, 3.05) is 27.2 Å². The molecule has 0 spiro atoms. The molecule has 1 rings (SSSR count). The lowest BCUT2D eigenvalue weighted by Gasteiger charge is -2.30. The summed E-state index contributed by atoms with van der Waals surface area (Å²) in [6, 6.07) is 8.77. The van der Waals surface area contributed by atoms with Crippen LogP contribution in [-0.2, 0) is 6.54 Å². The number of benzene rings is 1. The molecule has 2 atom stereocenters. The molecule has 1 aromatic rings. The summed E-state index contributed by atoms with van der Waals surface area (Å²) in [5, 5.41) is 3.42. The fraction of sp³-hybridized carbons (Fsp3) is 0.625. The van der Waals surface area contributed by atoms with Crippen LogP contribution in [0.15, 0.2) is 24.3 Å². The van der Waals surface area contributed by atoms with Gasteiger partial charge in [-0.2, -0.15) is 0 Å². The molecule has 1 aromatic carbocycles. The van der Waals surface area contributed by atoms with Crippen LogP contribution in [0.25, 0.3) is 0 Å². The Morgan fingerprint density at radius 2 is 1.95 bits per heavy atom. The fourth-order valence-corrected chi connectivity index (χ4v) is 2.22. The Balaban J connectivity index is 2.60. The highest BCUT2D eigenvalue weighted by atomic mass is 16.5. The van der Waals surface area contributed by atoms with Crippen molar-refractivity contribution in [2.24, 2.45) is 5.92 Å². The molecular formula is C16H28N2O. The second-order valence-electron chi connectivity index (χ2n) is 5.25. The average Bonchev–Trinajstić information content (AvgIpc) is 2.44. The van der Waals surface area contributed by atoms with Gasteiger partial charge in [0.1, 0.15) is 5.75 Å². The van der Waals surface area contributed by atoms with E-state index in [-0.39, 0.29) is 0 Å². The molecule has 1 N–H and O–H groups in total. The number of methoxy groups -OCH3 is 1. The molecule has 3 nitrogen and oxygen atoms in total. The van der Waals surface area contributed by atoms with E-state index in [2.05, 4.69) is 50.2 Å². The van der Waals surface area contributed by atoms with Gasteiger partial charge in [0, 0.05) is 18.2 Å². The average molecular weight is 264 g/mol. The van der Waals surface area contributed by atoms with Crippen LogP contribution in [0.4, 0.5) is 0 Å². The maximum Gasteiger partial charge on any atom is 0.123 e. The summed E-state index contributed by atoms with van der Waals surface area (Å²) in [5.74, 6) is 1.60. The smallest absolute Gasteiger partial charge is 0.123 e. The van der Waals surface area contributed by atoms with Crippen LogP contribution in [0.1, 0.15) is 26.3 Å². The molecule has 0 heterocycles. The zero-order chi connectivity index (χ0) is 14.3. The normalized spacial score (nSPS) is 14.4. The predicted octanol–water partition coefficient (Wildman–Crippen LogP) is 2.76. The first kappa shape index (κ1) is 16.0. The molecule has 0 aliphatic carbocycles. The van der Waals surface area contributed by atoms with Crippen LogP contribution < -0.4 is 10.1 Å². The number of rotatable bonds is 8. The lowest BCUT2D eigenvalue weighted by molar-refractivity contribution is 0.187. The van der Waals surface area contributed by atoms with Gasteiger partial charge in [-0.15, -0.1) is 0 Å². The highest BCUT2D eigenvalue weighted by molar-refractivity contribution is 5.33. The minimum Gasteiger partial charge on any atom is -0.496 e. The highest BCUT2D eigenvalue weighted by Gasteiger charge is 2.17. The second kappa shape index (κ2) is 8.18. The van der Waals surface area contributed by atoms with Crippen molar-refractivity contribution in [1.82, 2.24) is 10.2 Å². The SMILES string of the molecule is CCNCC(C)C(C)N(C)Cc1ccccc1OC. The Morgan fingerprint density at radius 1 is 1.26 bits per heavy atom. The van der Waals surface area contributed by atoms with Gasteiger partial charge in [0.25, 0.3) is 0 Å². The lowest BCUT2D eigenvalue weighted by atomic mass is 10.0. The predicted molar refractivity (Wildman–Crippen MR) is 81.6 cm³/mol. The van der Waals surface area contributed by atoms with Gasteiger partial charge in [-0.1, -0.05) is 32.0 Å². The van der Waals surface area contributed by atoms with Crippen LogP contribution >= 0.6 is 0 Å². The maximum absolute atomic E-state index is 5.41. The van der Waals surface area contributed by atoms with E-state index in [0.717, 1.165) is 25.4 Å². The number of hydrogen-bond donors (Lipinski definition) is 1. The summed E-state index contributed by atoms with van der Waals surface area (Å²) < 4.78 is 5.41. The van der Waals surface area contributed by atoms with E-state index >= 15 is 0 Å². The van der Waals surface area contributed by atoms with Crippen molar-refractivity contribution < 1.29 is 4.74 Å². The Morgan fingerprint density at radius 3 is 2.58 bits per heavy atom. The Hall–Kier alpha value is -1.06. The molecule has 0 aromatic heterocycles. The van der Waals surface area contributed by atoms with E-state index in [4.69, 9.17) is 4.74 Å². The van der Waals surface area contributed by atoms with Gasteiger partial charge in [0.05, 0.1) is 7.11 Å². The Labute approximate surface area is 118 Å². The molecule has 0 saturated carbocycles. The van der Waals surface area contributed by atoms with Crippen molar-refractivity contribution in [3.8, 4) is 5.75 Å². The second-order valence-corrected chi connectivity index (χ2v) is 5.25. The quantitative estimate of drug-likeness (QED) is 0.781. The number of hydrogen-bond acceptors (Lipinski definition) is 3. The van der Waals surface area contributed by atoms with Crippen LogP contribution in [0, 0.1) is 5.92 Å². The van der Waals surface area contributed by atoms with E-state index in [9.17, 15) is 0 Å². The van der Waals surface area contributed by atoms with Gasteiger partial charge < -0.3 is 10.1 Å². The first-order valence-electron chi connectivity index (χ1n) is 7.13. The highest BCUT2D eigenvalue weighted by Crippen LogP contribution is 2.20. The minimum absolute atomic E-state index is 0.531. The van der Waals surface area contributed by atoms with Crippen molar-refractivity contribution in [3.63, 3.8) is 0 Å². The first-order valence-corrected chi connectivity index (χ1v) is 7.13. The van der Waals surface area contributed by atoms with Crippen molar-refractivity contribution in [1.29, 1.82) is 0 Å². The van der Waals surface area contributed by atoms with E-state index < -0.39 is 0 Å². The van der Waals surface area contributed by atoms with Crippen molar-refractivity contribution in [2.45, 2.75) is 33.4 Å². The van der Waals surface area contributed by atoms with Gasteiger partial charge >= 0.3 is 0 Å². The minimum atomic E-state index is 0.531.